The monoisotopic (exact) mass is 415 g/mol. The van der Waals surface area contributed by atoms with Crippen LogP contribution in [0.15, 0.2) is 46.9 Å². The minimum Gasteiger partial charge on any atom is -0.322 e. The lowest BCUT2D eigenvalue weighted by Crippen LogP contribution is -2.13. The molecule has 0 aromatic heterocycles. The Bertz CT molecular complexity index is 598. The minimum absolute atomic E-state index is 0.102. The minimum atomic E-state index is -0.102. The highest BCUT2D eigenvalue weighted by Crippen LogP contribution is 2.21. The molecule has 92 valence electrons. The smallest absolute Gasteiger partial charge is 0.256 e. The van der Waals surface area contributed by atoms with Crippen LogP contribution in [0.4, 0.5) is 5.69 Å². The molecule has 0 spiro atoms. The van der Waals surface area contributed by atoms with Gasteiger partial charge in [0.15, 0.2) is 0 Å². The van der Waals surface area contributed by atoms with Crippen molar-refractivity contribution < 1.29 is 4.79 Å². The van der Waals surface area contributed by atoms with E-state index >= 15 is 0 Å². The van der Waals surface area contributed by atoms with Crippen LogP contribution in [-0.4, -0.2) is 5.91 Å². The van der Waals surface area contributed by atoms with Gasteiger partial charge in [-0.05, 0) is 75.3 Å². The van der Waals surface area contributed by atoms with Gasteiger partial charge in [0, 0.05) is 13.7 Å². The third-order valence-electron chi connectivity index (χ3n) is 2.57. The zero-order valence-electron chi connectivity index (χ0n) is 9.71. The maximum Gasteiger partial charge on any atom is 0.256 e. The summed E-state index contributed by atoms with van der Waals surface area (Å²) < 4.78 is 1.83. The number of benzene rings is 2. The molecule has 0 heterocycles. The molecule has 1 amide bonds. The molecule has 2 aromatic carbocycles. The molecule has 2 rings (SSSR count). The van der Waals surface area contributed by atoms with Crippen LogP contribution in [0, 0.1) is 10.5 Å². The molecule has 1 N–H and O–H groups in total. The average molecular weight is 416 g/mol. The van der Waals surface area contributed by atoms with Crippen molar-refractivity contribution in [3.63, 3.8) is 0 Å². The lowest BCUT2D eigenvalue weighted by atomic mass is 10.1. The van der Waals surface area contributed by atoms with E-state index in [9.17, 15) is 4.79 Å². The van der Waals surface area contributed by atoms with Crippen LogP contribution in [0.1, 0.15) is 15.9 Å². The number of rotatable bonds is 2. The highest BCUT2D eigenvalue weighted by Gasteiger charge is 2.11. The molecule has 0 radical (unpaired) electrons. The largest absolute Gasteiger partial charge is 0.322 e. The Balaban J connectivity index is 2.28. The van der Waals surface area contributed by atoms with Gasteiger partial charge in [-0.1, -0.05) is 18.2 Å². The Morgan fingerprint density at radius 3 is 2.67 bits per heavy atom. The van der Waals surface area contributed by atoms with E-state index in [1.54, 1.807) is 0 Å². The highest BCUT2D eigenvalue weighted by molar-refractivity contribution is 14.1. The molecule has 0 aliphatic heterocycles. The normalized spacial score (nSPS) is 10.2. The first-order valence-electron chi connectivity index (χ1n) is 5.40. The third kappa shape index (κ3) is 3.11. The van der Waals surface area contributed by atoms with Crippen LogP contribution in [0.3, 0.4) is 0 Å². The Labute approximate surface area is 128 Å². The van der Waals surface area contributed by atoms with Crippen molar-refractivity contribution in [2.45, 2.75) is 6.92 Å². The fraction of sp³-hybridized carbons (Fsp3) is 0.0714. The second-order valence-electron chi connectivity index (χ2n) is 3.89. The van der Waals surface area contributed by atoms with Crippen molar-refractivity contribution in [2.24, 2.45) is 0 Å². The van der Waals surface area contributed by atoms with E-state index in [0.29, 0.717) is 5.56 Å². The summed E-state index contributed by atoms with van der Waals surface area (Å²) in [5.41, 5.74) is 2.53. The number of amides is 1. The Kier molecular flexibility index (Phi) is 4.40. The highest BCUT2D eigenvalue weighted by atomic mass is 127. The maximum absolute atomic E-state index is 12.2. The third-order valence-corrected chi connectivity index (χ3v) is 3.93. The summed E-state index contributed by atoms with van der Waals surface area (Å²) in [6.07, 6.45) is 0. The lowest BCUT2D eigenvalue weighted by Gasteiger charge is -2.09. The fourth-order valence-electron chi connectivity index (χ4n) is 1.57. The molecule has 0 aliphatic rings. The van der Waals surface area contributed by atoms with Gasteiger partial charge in [0.2, 0.25) is 0 Å². The molecular formula is C14H11BrINO. The molecular weight excluding hydrogens is 405 g/mol. The van der Waals surface area contributed by atoms with Gasteiger partial charge in [0.25, 0.3) is 5.91 Å². The van der Waals surface area contributed by atoms with Crippen LogP contribution in [0.5, 0.6) is 0 Å². The first-order valence-corrected chi connectivity index (χ1v) is 7.27. The number of aryl methyl sites for hydroxylation is 1. The summed E-state index contributed by atoms with van der Waals surface area (Å²) in [4.78, 5) is 12.2. The van der Waals surface area contributed by atoms with Crippen molar-refractivity contribution in [2.75, 3.05) is 5.32 Å². The Morgan fingerprint density at radius 1 is 1.22 bits per heavy atom. The molecule has 0 aliphatic carbocycles. The summed E-state index contributed by atoms with van der Waals surface area (Å²) in [5, 5.41) is 2.92. The molecule has 0 saturated carbocycles. The fourth-order valence-corrected chi connectivity index (χ4v) is 2.49. The van der Waals surface area contributed by atoms with E-state index in [0.717, 1.165) is 19.3 Å². The van der Waals surface area contributed by atoms with E-state index in [-0.39, 0.29) is 5.91 Å². The van der Waals surface area contributed by atoms with Gasteiger partial charge < -0.3 is 5.32 Å². The van der Waals surface area contributed by atoms with Gasteiger partial charge in [-0.2, -0.15) is 0 Å². The van der Waals surface area contributed by atoms with Gasteiger partial charge in [-0.15, -0.1) is 0 Å². The van der Waals surface area contributed by atoms with Crippen molar-refractivity contribution in [1.82, 2.24) is 0 Å². The number of hydrogen-bond acceptors (Lipinski definition) is 1. The zero-order chi connectivity index (χ0) is 13.1. The molecule has 18 heavy (non-hydrogen) atoms. The van der Waals surface area contributed by atoms with E-state index in [2.05, 4.69) is 43.8 Å². The van der Waals surface area contributed by atoms with Gasteiger partial charge in [-0.3, -0.25) is 4.79 Å². The Morgan fingerprint density at radius 2 is 1.94 bits per heavy atom. The van der Waals surface area contributed by atoms with Crippen molar-refractivity contribution in [1.29, 1.82) is 0 Å². The summed E-state index contributed by atoms with van der Waals surface area (Å²) in [5.74, 6) is -0.102. The predicted octanol–water partition coefficient (Wildman–Crippen LogP) is 4.61. The van der Waals surface area contributed by atoms with E-state index in [1.165, 1.54) is 0 Å². The van der Waals surface area contributed by atoms with Crippen LogP contribution in [0.25, 0.3) is 0 Å². The second kappa shape index (κ2) is 5.84. The molecule has 0 fully saturated rings. The summed E-state index contributed by atoms with van der Waals surface area (Å²) in [6.45, 7) is 1.97. The first-order chi connectivity index (χ1) is 8.58. The van der Waals surface area contributed by atoms with Crippen molar-refractivity contribution in [3.8, 4) is 0 Å². The number of anilines is 1. The van der Waals surface area contributed by atoms with Gasteiger partial charge in [0.05, 0.1) is 5.56 Å². The molecule has 2 aromatic rings. The number of carbonyl (C=O) groups excluding carboxylic acids is 1. The van der Waals surface area contributed by atoms with Crippen molar-refractivity contribution >= 4 is 50.1 Å². The summed E-state index contributed by atoms with van der Waals surface area (Å²) in [7, 11) is 0. The number of nitrogens with one attached hydrogen (secondary N) is 1. The zero-order valence-corrected chi connectivity index (χ0v) is 13.4. The topological polar surface area (TPSA) is 29.1 Å². The SMILES string of the molecule is Cc1ccccc1NC(=O)c1cc(I)ccc1Br. The van der Waals surface area contributed by atoms with E-state index in [4.69, 9.17) is 0 Å². The summed E-state index contributed by atoms with van der Waals surface area (Å²) >= 11 is 5.59. The van der Waals surface area contributed by atoms with Crippen molar-refractivity contribution in [3.05, 3.63) is 61.6 Å². The van der Waals surface area contributed by atoms with Gasteiger partial charge in [0.1, 0.15) is 0 Å². The van der Waals surface area contributed by atoms with Crippen LogP contribution >= 0.6 is 38.5 Å². The number of hydrogen-bond donors (Lipinski definition) is 1. The predicted molar refractivity (Wildman–Crippen MR) is 86.0 cm³/mol. The van der Waals surface area contributed by atoms with Crippen LogP contribution in [-0.2, 0) is 0 Å². The lowest BCUT2D eigenvalue weighted by molar-refractivity contribution is 0.102. The molecule has 2 nitrogen and oxygen atoms in total. The molecule has 0 saturated heterocycles. The molecule has 0 bridgehead atoms. The average Bonchev–Trinajstić information content (AvgIpc) is 2.35. The van der Waals surface area contributed by atoms with Crippen LogP contribution < -0.4 is 5.32 Å². The van der Waals surface area contributed by atoms with Gasteiger partial charge in [-0.25, -0.2) is 0 Å². The van der Waals surface area contributed by atoms with Crippen LogP contribution in [0.2, 0.25) is 0 Å². The molecule has 0 atom stereocenters. The number of para-hydroxylation sites is 1. The second-order valence-corrected chi connectivity index (χ2v) is 5.99. The molecule has 0 unspecified atom stereocenters. The quantitative estimate of drug-likeness (QED) is 0.712. The number of carbonyl (C=O) groups is 1. The van der Waals surface area contributed by atoms with Gasteiger partial charge >= 0.3 is 0 Å². The Hall–Kier alpha value is -0.880. The first kappa shape index (κ1) is 13.5. The summed E-state index contributed by atoms with van der Waals surface area (Å²) in [6, 6.07) is 13.4. The van der Waals surface area contributed by atoms with E-state index < -0.39 is 0 Å². The maximum atomic E-state index is 12.2. The number of halogens is 2. The van der Waals surface area contributed by atoms with E-state index in [1.807, 2.05) is 49.4 Å². The standard InChI is InChI=1S/C14H11BrINO/c1-9-4-2-3-5-13(9)17-14(18)11-8-10(16)6-7-12(11)15/h2-8H,1H3,(H,17,18). The molecule has 4 heteroatoms.